The van der Waals surface area contributed by atoms with Crippen LogP contribution in [0.4, 0.5) is 0 Å². The van der Waals surface area contributed by atoms with Crippen molar-refractivity contribution in [3.8, 4) is 0 Å². The summed E-state index contributed by atoms with van der Waals surface area (Å²) < 4.78 is 9.50. The van der Waals surface area contributed by atoms with Gasteiger partial charge in [0.2, 0.25) is 0 Å². The summed E-state index contributed by atoms with van der Waals surface area (Å²) in [6, 6.07) is 0. The third kappa shape index (κ3) is 1.95. The van der Waals surface area contributed by atoms with E-state index in [1.165, 1.54) is 7.11 Å². The van der Waals surface area contributed by atoms with Crippen LogP contribution in [-0.4, -0.2) is 26.8 Å². The van der Waals surface area contributed by atoms with E-state index in [0.29, 0.717) is 12.2 Å². The molecule has 0 N–H and O–H groups in total. The summed E-state index contributed by atoms with van der Waals surface area (Å²) >= 11 is 0. The van der Waals surface area contributed by atoms with Crippen LogP contribution in [0.3, 0.4) is 0 Å². The van der Waals surface area contributed by atoms with Crippen molar-refractivity contribution in [3.05, 3.63) is 23.8 Å². The number of hydrogen-bond donors (Lipinski definition) is 0. The van der Waals surface area contributed by atoms with Gasteiger partial charge in [-0.05, 0) is 0 Å². The van der Waals surface area contributed by atoms with Crippen LogP contribution in [0.15, 0.2) is 23.8 Å². The molecule has 1 rings (SSSR count). The molecule has 1 aliphatic carbocycles. The van der Waals surface area contributed by atoms with Gasteiger partial charge in [0, 0.05) is 13.0 Å². The third-order valence-corrected chi connectivity index (χ3v) is 1.70. The normalized spacial score (nSPS) is 20.8. The Labute approximate surface area is 71.7 Å². The van der Waals surface area contributed by atoms with E-state index in [0.717, 1.165) is 0 Å². The van der Waals surface area contributed by atoms with Gasteiger partial charge in [-0.3, -0.25) is 0 Å². The maximum atomic E-state index is 11.0. The zero-order valence-corrected chi connectivity index (χ0v) is 7.24. The van der Waals surface area contributed by atoms with Crippen LogP contribution in [0.2, 0.25) is 0 Å². The SMILES string of the molecule is COCC1C=CC(C(=O)OC)=C1. The van der Waals surface area contributed by atoms with Gasteiger partial charge >= 0.3 is 5.97 Å². The van der Waals surface area contributed by atoms with Crippen molar-refractivity contribution in [2.75, 3.05) is 20.8 Å². The smallest absolute Gasteiger partial charge is 0.337 e. The number of carbonyl (C=O) groups is 1. The van der Waals surface area contributed by atoms with Crippen molar-refractivity contribution < 1.29 is 14.3 Å². The Kier molecular flexibility index (Phi) is 3.05. The van der Waals surface area contributed by atoms with E-state index in [4.69, 9.17) is 4.74 Å². The lowest BCUT2D eigenvalue weighted by molar-refractivity contribution is -0.135. The molecule has 0 aliphatic heterocycles. The molecule has 0 bridgehead atoms. The number of carbonyl (C=O) groups excluding carboxylic acids is 1. The quantitative estimate of drug-likeness (QED) is 0.588. The molecule has 0 saturated heterocycles. The molecule has 66 valence electrons. The van der Waals surface area contributed by atoms with E-state index in [-0.39, 0.29) is 11.9 Å². The van der Waals surface area contributed by atoms with Gasteiger partial charge in [-0.1, -0.05) is 18.2 Å². The first-order valence-electron chi connectivity index (χ1n) is 3.75. The lowest BCUT2D eigenvalue weighted by Gasteiger charge is -2.01. The highest BCUT2D eigenvalue weighted by molar-refractivity contribution is 5.92. The number of rotatable bonds is 3. The molecule has 0 aromatic carbocycles. The first-order chi connectivity index (χ1) is 5.77. The van der Waals surface area contributed by atoms with Crippen LogP contribution in [0.5, 0.6) is 0 Å². The van der Waals surface area contributed by atoms with Crippen molar-refractivity contribution >= 4 is 5.97 Å². The largest absolute Gasteiger partial charge is 0.465 e. The Morgan fingerprint density at radius 3 is 2.92 bits per heavy atom. The molecular formula is C9H12O3. The topological polar surface area (TPSA) is 35.5 Å². The minimum atomic E-state index is -0.287. The van der Waals surface area contributed by atoms with Crippen molar-refractivity contribution in [3.63, 3.8) is 0 Å². The van der Waals surface area contributed by atoms with Crippen LogP contribution in [0.1, 0.15) is 0 Å². The molecule has 12 heavy (non-hydrogen) atoms. The standard InChI is InChI=1S/C9H12O3/c1-11-6-7-3-4-8(5-7)9(10)12-2/h3-5,7H,6H2,1-2H3. The Morgan fingerprint density at radius 1 is 1.58 bits per heavy atom. The van der Waals surface area contributed by atoms with E-state index in [2.05, 4.69) is 4.74 Å². The predicted molar refractivity (Wildman–Crippen MR) is 44.6 cm³/mol. The second-order valence-corrected chi connectivity index (χ2v) is 2.59. The fraction of sp³-hybridized carbons (Fsp3) is 0.444. The van der Waals surface area contributed by atoms with E-state index in [1.54, 1.807) is 13.2 Å². The van der Waals surface area contributed by atoms with Crippen LogP contribution in [0.25, 0.3) is 0 Å². The molecule has 0 amide bonds. The lowest BCUT2D eigenvalue weighted by Crippen LogP contribution is -2.03. The molecule has 3 heteroatoms. The number of hydrogen-bond acceptors (Lipinski definition) is 3. The van der Waals surface area contributed by atoms with Gasteiger partial charge in [0.25, 0.3) is 0 Å². The van der Waals surface area contributed by atoms with Gasteiger partial charge in [0.05, 0.1) is 19.3 Å². The van der Waals surface area contributed by atoms with Crippen LogP contribution >= 0.6 is 0 Å². The number of methoxy groups -OCH3 is 2. The van der Waals surface area contributed by atoms with Gasteiger partial charge in [0.15, 0.2) is 0 Å². The second kappa shape index (κ2) is 4.07. The first-order valence-corrected chi connectivity index (χ1v) is 3.75. The molecule has 0 radical (unpaired) electrons. The highest BCUT2D eigenvalue weighted by atomic mass is 16.5. The van der Waals surface area contributed by atoms with E-state index in [9.17, 15) is 4.79 Å². The van der Waals surface area contributed by atoms with Crippen LogP contribution in [-0.2, 0) is 14.3 Å². The summed E-state index contributed by atoms with van der Waals surface area (Å²) in [5.74, 6) is -0.0750. The Balaban J connectivity index is 2.55. The van der Waals surface area contributed by atoms with Gasteiger partial charge in [-0.2, -0.15) is 0 Å². The van der Waals surface area contributed by atoms with E-state index < -0.39 is 0 Å². The maximum absolute atomic E-state index is 11.0. The van der Waals surface area contributed by atoms with Crippen molar-refractivity contribution in [1.82, 2.24) is 0 Å². The monoisotopic (exact) mass is 168 g/mol. The average molecular weight is 168 g/mol. The molecule has 0 heterocycles. The molecule has 0 fully saturated rings. The van der Waals surface area contributed by atoms with E-state index in [1.807, 2.05) is 12.2 Å². The van der Waals surface area contributed by atoms with Crippen LogP contribution in [0, 0.1) is 5.92 Å². The fourth-order valence-corrected chi connectivity index (χ4v) is 1.12. The molecule has 0 aromatic rings. The minimum absolute atomic E-state index is 0.212. The minimum Gasteiger partial charge on any atom is -0.465 e. The summed E-state index contributed by atoms with van der Waals surface area (Å²) in [5, 5.41) is 0. The second-order valence-electron chi connectivity index (χ2n) is 2.59. The molecule has 3 nitrogen and oxygen atoms in total. The summed E-state index contributed by atoms with van der Waals surface area (Å²) in [5.41, 5.74) is 0.611. The molecule has 1 unspecified atom stereocenters. The van der Waals surface area contributed by atoms with Crippen LogP contribution < -0.4 is 0 Å². The van der Waals surface area contributed by atoms with Gasteiger partial charge < -0.3 is 9.47 Å². The predicted octanol–water partition coefficient (Wildman–Crippen LogP) is 0.918. The Morgan fingerprint density at radius 2 is 2.33 bits per heavy atom. The Bertz CT molecular complexity index is 228. The van der Waals surface area contributed by atoms with Gasteiger partial charge in [-0.15, -0.1) is 0 Å². The van der Waals surface area contributed by atoms with Gasteiger partial charge in [0.1, 0.15) is 0 Å². The zero-order chi connectivity index (χ0) is 8.97. The molecule has 0 spiro atoms. The lowest BCUT2D eigenvalue weighted by atomic mass is 10.2. The highest BCUT2D eigenvalue weighted by Gasteiger charge is 2.14. The molecular weight excluding hydrogens is 156 g/mol. The van der Waals surface area contributed by atoms with E-state index >= 15 is 0 Å². The molecule has 0 saturated carbocycles. The van der Waals surface area contributed by atoms with Crippen molar-refractivity contribution in [1.29, 1.82) is 0 Å². The number of esters is 1. The maximum Gasteiger partial charge on any atom is 0.337 e. The summed E-state index contributed by atoms with van der Waals surface area (Å²) in [6.45, 7) is 0.608. The molecule has 0 aromatic heterocycles. The fourth-order valence-electron chi connectivity index (χ4n) is 1.12. The van der Waals surface area contributed by atoms with Crippen molar-refractivity contribution in [2.24, 2.45) is 5.92 Å². The van der Waals surface area contributed by atoms with Gasteiger partial charge in [-0.25, -0.2) is 4.79 Å². The number of ether oxygens (including phenoxy) is 2. The third-order valence-electron chi connectivity index (χ3n) is 1.70. The summed E-state index contributed by atoms with van der Waals surface area (Å²) in [4.78, 5) is 11.0. The molecule has 1 aliphatic rings. The highest BCUT2D eigenvalue weighted by Crippen LogP contribution is 2.16. The summed E-state index contributed by atoms with van der Waals surface area (Å²) in [6.07, 6.45) is 5.53. The zero-order valence-electron chi connectivity index (χ0n) is 7.24. The average Bonchev–Trinajstić information content (AvgIpc) is 2.52. The molecule has 1 atom stereocenters. The first kappa shape index (κ1) is 9.00. The Hall–Kier alpha value is -1.09. The van der Waals surface area contributed by atoms with Crippen molar-refractivity contribution in [2.45, 2.75) is 0 Å². The summed E-state index contributed by atoms with van der Waals surface area (Å²) in [7, 11) is 3.01.